The zero-order valence-electron chi connectivity index (χ0n) is 10.4. The fraction of sp³-hybridized carbons (Fsp3) is 0.846. The topological polar surface area (TPSA) is 15.3 Å². The summed E-state index contributed by atoms with van der Waals surface area (Å²) in [4.78, 5) is 2.45. The molecule has 0 bridgehead atoms. The minimum atomic E-state index is 0.800. The van der Waals surface area contributed by atoms with Crippen molar-refractivity contribution in [2.24, 2.45) is 0 Å². The van der Waals surface area contributed by atoms with Crippen molar-refractivity contribution >= 4 is 0 Å². The molecule has 0 saturated heterocycles. The molecule has 0 amide bonds. The summed E-state index contributed by atoms with van der Waals surface area (Å²) in [6, 6.07) is 0.800. The maximum absolute atomic E-state index is 3.97. The Bertz CT molecular complexity index is 183. The van der Waals surface area contributed by atoms with Crippen LogP contribution in [0.3, 0.4) is 0 Å². The first kappa shape index (κ1) is 12.7. The van der Waals surface area contributed by atoms with E-state index in [0.29, 0.717) is 0 Å². The first-order valence-corrected chi connectivity index (χ1v) is 6.32. The zero-order chi connectivity index (χ0) is 11.1. The molecule has 1 fully saturated rings. The average molecular weight is 210 g/mol. The number of nitrogens with one attached hydrogen (secondary N) is 1. The maximum atomic E-state index is 3.97. The van der Waals surface area contributed by atoms with Crippen LogP contribution in [0.25, 0.3) is 0 Å². The molecule has 1 aliphatic carbocycles. The Labute approximate surface area is 94.7 Å². The Hall–Kier alpha value is -0.340. The molecule has 1 rings (SSSR count). The van der Waals surface area contributed by atoms with Gasteiger partial charge in [-0.2, -0.15) is 0 Å². The van der Waals surface area contributed by atoms with Crippen LogP contribution in [0.1, 0.15) is 39.5 Å². The third kappa shape index (κ3) is 5.33. The van der Waals surface area contributed by atoms with E-state index in [1.807, 2.05) is 0 Å². The molecule has 0 aromatic heterocycles. The zero-order valence-corrected chi connectivity index (χ0v) is 10.4. The van der Waals surface area contributed by atoms with Gasteiger partial charge in [0, 0.05) is 25.7 Å². The highest BCUT2D eigenvalue weighted by Crippen LogP contribution is 2.17. The molecule has 15 heavy (non-hydrogen) atoms. The molecular formula is C13H26N2. The van der Waals surface area contributed by atoms with Crippen molar-refractivity contribution < 1.29 is 0 Å². The van der Waals surface area contributed by atoms with Crippen LogP contribution in [0.2, 0.25) is 0 Å². The molecule has 2 nitrogen and oxygen atoms in total. The quantitative estimate of drug-likeness (QED) is 0.649. The molecule has 1 aliphatic rings. The van der Waals surface area contributed by atoms with Crippen molar-refractivity contribution in [3.05, 3.63) is 12.2 Å². The molecule has 2 heteroatoms. The fourth-order valence-electron chi connectivity index (χ4n) is 2.29. The molecule has 0 aromatic carbocycles. The lowest BCUT2D eigenvalue weighted by molar-refractivity contribution is 0.304. The minimum absolute atomic E-state index is 0.800. The molecule has 0 unspecified atom stereocenters. The maximum Gasteiger partial charge on any atom is 0.0187 e. The molecule has 88 valence electrons. The lowest BCUT2D eigenvalue weighted by Gasteiger charge is -2.21. The van der Waals surface area contributed by atoms with Gasteiger partial charge in [-0.15, -0.1) is 0 Å². The fourth-order valence-corrected chi connectivity index (χ4v) is 2.29. The van der Waals surface area contributed by atoms with Gasteiger partial charge in [0.1, 0.15) is 0 Å². The summed E-state index contributed by atoms with van der Waals surface area (Å²) in [5.41, 5.74) is 1.26. The van der Waals surface area contributed by atoms with E-state index in [9.17, 15) is 0 Å². The normalized spacial score (nSPS) is 17.5. The SMILES string of the molecule is C=C(C)CN(CC)CCNC1CCCC1. The van der Waals surface area contributed by atoms with Gasteiger partial charge in [-0.25, -0.2) is 0 Å². The first-order valence-electron chi connectivity index (χ1n) is 6.32. The second-order valence-corrected chi connectivity index (χ2v) is 4.76. The summed E-state index contributed by atoms with van der Waals surface area (Å²) in [5.74, 6) is 0. The van der Waals surface area contributed by atoms with Gasteiger partial charge in [-0.3, -0.25) is 4.90 Å². The van der Waals surface area contributed by atoms with E-state index in [2.05, 4.69) is 30.6 Å². The summed E-state index contributed by atoms with van der Waals surface area (Å²) < 4.78 is 0. The minimum Gasteiger partial charge on any atom is -0.313 e. The number of hydrogen-bond acceptors (Lipinski definition) is 2. The highest BCUT2D eigenvalue weighted by Gasteiger charge is 2.13. The molecule has 0 aromatic rings. The van der Waals surface area contributed by atoms with E-state index in [-0.39, 0.29) is 0 Å². The largest absolute Gasteiger partial charge is 0.313 e. The molecule has 1 N–H and O–H groups in total. The van der Waals surface area contributed by atoms with Crippen molar-refractivity contribution in [3.8, 4) is 0 Å². The predicted molar refractivity (Wildman–Crippen MR) is 67.2 cm³/mol. The molecule has 0 heterocycles. The van der Waals surface area contributed by atoms with Crippen LogP contribution < -0.4 is 5.32 Å². The first-order chi connectivity index (χ1) is 7.22. The highest BCUT2D eigenvalue weighted by atomic mass is 15.1. The molecule has 1 saturated carbocycles. The van der Waals surface area contributed by atoms with Crippen LogP contribution in [0.15, 0.2) is 12.2 Å². The third-order valence-corrected chi connectivity index (χ3v) is 3.16. The van der Waals surface area contributed by atoms with Gasteiger partial charge in [0.15, 0.2) is 0 Å². The highest BCUT2D eigenvalue weighted by molar-refractivity contribution is 4.91. The number of hydrogen-bond donors (Lipinski definition) is 1. The van der Waals surface area contributed by atoms with E-state index < -0.39 is 0 Å². The Kier molecular flexibility index (Phi) is 5.96. The number of rotatable bonds is 7. The van der Waals surface area contributed by atoms with Gasteiger partial charge in [-0.1, -0.05) is 31.9 Å². The van der Waals surface area contributed by atoms with Crippen LogP contribution in [0, 0.1) is 0 Å². The standard InChI is InChI=1S/C13H26N2/c1-4-15(11-12(2)3)10-9-14-13-7-5-6-8-13/h13-14H,2,4-11H2,1,3H3. The molecule has 0 spiro atoms. The van der Waals surface area contributed by atoms with Crippen molar-refractivity contribution in [1.82, 2.24) is 10.2 Å². The van der Waals surface area contributed by atoms with Crippen LogP contribution in [0.4, 0.5) is 0 Å². The molecule has 0 atom stereocenters. The van der Waals surface area contributed by atoms with Crippen LogP contribution >= 0.6 is 0 Å². The number of nitrogens with zero attached hydrogens (tertiary/aromatic N) is 1. The third-order valence-electron chi connectivity index (χ3n) is 3.16. The van der Waals surface area contributed by atoms with Gasteiger partial charge in [0.05, 0.1) is 0 Å². The molecule has 0 radical (unpaired) electrons. The monoisotopic (exact) mass is 210 g/mol. The lowest BCUT2D eigenvalue weighted by Crippen LogP contribution is -2.36. The molecule has 0 aliphatic heterocycles. The second-order valence-electron chi connectivity index (χ2n) is 4.76. The summed E-state index contributed by atoms with van der Waals surface area (Å²) in [6.45, 7) is 12.7. The van der Waals surface area contributed by atoms with Gasteiger partial charge in [0.25, 0.3) is 0 Å². The smallest absolute Gasteiger partial charge is 0.0187 e. The van der Waals surface area contributed by atoms with E-state index in [1.54, 1.807) is 0 Å². The van der Waals surface area contributed by atoms with Gasteiger partial charge in [-0.05, 0) is 26.3 Å². The van der Waals surface area contributed by atoms with Crippen molar-refractivity contribution in [1.29, 1.82) is 0 Å². The van der Waals surface area contributed by atoms with Gasteiger partial charge >= 0.3 is 0 Å². The Morgan fingerprint density at radius 3 is 2.60 bits per heavy atom. The van der Waals surface area contributed by atoms with Crippen LogP contribution in [0.5, 0.6) is 0 Å². The summed E-state index contributed by atoms with van der Waals surface area (Å²) in [5, 5.41) is 3.65. The van der Waals surface area contributed by atoms with Gasteiger partial charge in [0.2, 0.25) is 0 Å². The van der Waals surface area contributed by atoms with Crippen molar-refractivity contribution in [2.75, 3.05) is 26.2 Å². The molecular weight excluding hydrogens is 184 g/mol. The van der Waals surface area contributed by atoms with E-state index in [1.165, 1.54) is 31.3 Å². The van der Waals surface area contributed by atoms with Gasteiger partial charge < -0.3 is 5.32 Å². The Morgan fingerprint density at radius 1 is 1.40 bits per heavy atom. The lowest BCUT2D eigenvalue weighted by atomic mass is 10.2. The predicted octanol–water partition coefficient (Wildman–Crippen LogP) is 2.42. The van der Waals surface area contributed by atoms with Crippen LogP contribution in [-0.2, 0) is 0 Å². The van der Waals surface area contributed by atoms with E-state index >= 15 is 0 Å². The van der Waals surface area contributed by atoms with E-state index in [0.717, 1.165) is 32.2 Å². The summed E-state index contributed by atoms with van der Waals surface area (Å²) in [7, 11) is 0. The second kappa shape index (κ2) is 7.02. The Morgan fingerprint density at radius 2 is 2.07 bits per heavy atom. The average Bonchev–Trinajstić information content (AvgIpc) is 2.68. The van der Waals surface area contributed by atoms with Crippen molar-refractivity contribution in [3.63, 3.8) is 0 Å². The van der Waals surface area contributed by atoms with Crippen LogP contribution in [-0.4, -0.2) is 37.1 Å². The number of likely N-dealkylation sites (N-methyl/N-ethyl adjacent to an activating group) is 1. The summed E-state index contributed by atoms with van der Waals surface area (Å²) in [6.07, 6.45) is 5.60. The van der Waals surface area contributed by atoms with E-state index in [4.69, 9.17) is 0 Å². The van der Waals surface area contributed by atoms with Crippen molar-refractivity contribution in [2.45, 2.75) is 45.6 Å². The summed E-state index contributed by atoms with van der Waals surface area (Å²) >= 11 is 0. The Balaban J connectivity index is 2.07.